The summed E-state index contributed by atoms with van der Waals surface area (Å²) < 4.78 is 3.37. The van der Waals surface area contributed by atoms with Gasteiger partial charge in [0, 0.05) is 34.7 Å². The molecular weight excluding hydrogens is 277 g/mol. The molecule has 3 aromatic rings. The van der Waals surface area contributed by atoms with Crippen LogP contribution in [-0.2, 0) is 0 Å². The second kappa shape index (κ2) is 4.67. The molecule has 0 N–H and O–H groups in total. The van der Waals surface area contributed by atoms with Crippen LogP contribution in [-0.4, -0.2) is 15.0 Å². The highest BCUT2D eigenvalue weighted by molar-refractivity contribution is 7.90. The summed E-state index contributed by atoms with van der Waals surface area (Å²) in [5.41, 5.74) is 0. The van der Waals surface area contributed by atoms with Crippen molar-refractivity contribution in [3.8, 4) is 0 Å². The Morgan fingerprint density at radius 3 is 1.31 bits per heavy atom. The van der Waals surface area contributed by atoms with Gasteiger partial charge in [0.05, 0.1) is 7.92 Å². The molecule has 0 aliphatic carbocycles. The summed E-state index contributed by atoms with van der Waals surface area (Å²) in [7, 11) is -0.613. The zero-order valence-corrected chi connectivity index (χ0v) is 11.3. The van der Waals surface area contributed by atoms with E-state index in [0.29, 0.717) is 0 Å². The normalized spacial score (nSPS) is 11.1. The van der Waals surface area contributed by atoms with Crippen molar-refractivity contribution in [2.45, 2.75) is 0 Å². The molecule has 0 spiro atoms. The number of hydrogen-bond acceptors (Lipinski definition) is 6. The molecule has 0 aliphatic heterocycles. The Balaban J connectivity index is 2.09. The van der Waals surface area contributed by atoms with Gasteiger partial charge in [-0.05, 0) is 0 Å². The van der Waals surface area contributed by atoms with Gasteiger partial charge in [0.15, 0.2) is 0 Å². The molecule has 80 valence electrons. The predicted octanol–water partition coefficient (Wildman–Crippen LogP) is 1.81. The summed E-state index contributed by atoms with van der Waals surface area (Å²) in [6.07, 6.45) is 5.53. The first kappa shape index (κ1) is 10.5. The monoisotopic (exact) mass is 283 g/mol. The fourth-order valence-electron chi connectivity index (χ4n) is 1.22. The van der Waals surface area contributed by atoms with Crippen molar-refractivity contribution in [1.82, 2.24) is 15.0 Å². The van der Waals surface area contributed by atoms with E-state index < -0.39 is 7.92 Å². The number of rotatable bonds is 3. The molecule has 16 heavy (non-hydrogen) atoms. The van der Waals surface area contributed by atoms with Crippen LogP contribution in [0, 0.1) is 0 Å². The van der Waals surface area contributed by atoms with Crippen LogP contribution in [0.2, 0.25) is 0 Å². The quantitative estimate of drug-likeness (QED) is 0.688. The molecule has 3 rings (SSSR count). The summed E-state index contributed by atoms with van der Waals surface area (Å²) in [4.78, 5) is 13.2. The van der Waals surface area contributed by atoms with E-state index in [4.69, 9.17) is 0 Å². The maximum atomic E-state index is 4.41. The van der Waals surface area contributed by atoms with Crippen molar-refractivity contribution in [3.63, 3.8) is 0 Å². The number of nitrogens with zero attached hydrogens (tertiary/aromatic N) is 3. The minimum absolute atomic E-state index is 0.613. The van der Waals surface area contributed by atoms with Crippen molar-refractivity contribution in [3.05, 3.63) is 34.7 Å². The molecule has 0 unspecified atom stereocenters. The van der Waals surface area contributed by atoms with Gasteiger partial charge in [-0.25, -0.2) is 15.0 Å². The first-order chi connectivity index (χ1) is 7.95. The predicted molar refractivity (Wildman–Crippen MR) is 72.2 cm³/mol. The van der Waals surface area contributed by atoms with Gasteiger partial charge >= 0.3 is 0 Å². The lowest BCUT2D eigenvalue weighted by molar-refractivity contribution is 1.44. The Bertz CT molecular complexity index is 451. The Labute approximate surface area is 106 Å². The van der Waals surface area contributed by atoms with Crippen LogP contribution >= 0.6 is 41.9 Å². The van der Waals surface area contributed by atoms with Crippen molar-refractivity contribution in [2.24, 2.45) is 0 Å². The number of aromatic nitrogens is 3. The molecule has 0 saturated carbocycles. The van der Waals surface area contributed by atoms with Crippen LogP contribution in [0.4, 0.5) is 0 Å². The lowest BCUT2D eigenvalue weighted by Gasteiger charge is -2.07. The summed E-state index contributed by atoms with van der Waals surface area (Å²) >= 11 is 5.04. The summed E-state index contributed by atoms with van der Waals surface area (Å²) in [5, 5.41) is 6.02. The van der Waals surface area contributed by atoms with Gasteiger partial charge in [-0.2, -0.15) is 0 Å². The maximum absolute atomic E-state index is 4.41. The molecule has 7 heteroatoms. The van der Waals surface area contributed by atoms with Gasteiger partial charge < -0.3 is 0 Å². The Morgan fingerprint density at radius 1 is 0.688 bits per heavy atom. The number of hydrogen-bond donors (Lipinski definition) is 0. The fourth-order valence-corrected chi connectivity index (χ4v) is 7.25. The molecule has 3 nitrogen and oxygen atoms in total. The van der Waals surface area contributed by atoms with Gasteiger partial charge in [-0.1, -0.05) is 0 Å². The lowest BCUT2D eigenvalue weighted by atomic mass is 11.0. The van der Waals surface area contributed by atoms with Crippen molar-refractivity contribution in [1.29, 1.82) is 0 Å². The van der Waals surface area contributed by atoms with Crippen molar-refractivity contribution >= 4 is 56.2 Å². The Morgan fingerprint density at radius 2 is 1.06 bits per heavy atom. The van der Waals surface area contributed by atoms with Gasteiger partial charge in [-0.15, -0.1) is 34.0 Å². The van der Waals surface area contributed by atoms with E-state index in [2.05, 4.69) is 15.0 Å². The van der Waals surface area contributed by atoms with Crippen LogP contribution in [0.3, 0.4) is 0 Å². The minimum Gasteiger partial charge on any atom is -0.244 e. The molecule has 0 fully saturated rings. The molecule has 0 bridgehead atoms. The summed E-state index contributed by atoms with van der Waals surface area (Å²) in [6, 6.07) is 0. The average Bonchev–Trinajstić information content (AvgIpc) is 3.02. The fraction of sp³-hybridized carbons (Fsp3) is 0. The molecule has 0 aromatic carbocycles. The Kier molecular flexibility index (Phi) is 3.06. The van der Waals surface area contributed by atoms with Crippen LogP contribution < -0.4 is 14.2 Å². The summed E-state index contributed by atoms with van der Waals surface area (Å²) in [5.74, 6) is 0. The van der Waals surface area contributed by atoms with Crippen molar-refractivity contribution < 1.29 is 0 Å². The molecule has 3 aromatic heterocycles. The van der Waals surface area contributed by atoms with E-state index in [9.17, 15) is 0 Å². The standard InChI is InChI=1S/C9H6N3PS3/c1-4-14-7(10-1)13(8-11-2-5-15-8)9-12-3-6-16-9/h1-6H. The third kappa shape index (κ3) is 1.94. The zero-order valence-electron chi connectivity index (χ0n) is 7.98. The molecular formula is C9H6N3PS3. The van der Waals surface area contributed by atoms with Gasteiger partial charge in [0.25, 0.3) is 0 Å². The second-order valence-corrected chi connectivity index (χ2v) is 8.31. The molecule has 0 aliphatic rings. The summed E-state index contributed by atoms with van der Waals surface area (Å²) in [6.45, 7) is 0. The molecule has 0 radical (unpaired) electrons. The van der Waals surface area contributed by atoms with E-state index >= 15 is 0 Å². The van der Waals surface area contributed by atoms with Gasteiger partial charge in [0.2, 0.25) is 0 Å². The van der Waals surface area contributed by atoms with E-state index in [-0.39, 0.29) is 0 Å². The minimum atomic E-state index is -0.613. The molecule has 3 heterocycles. The largest absolute Gasteiger partial charge is 0.244 e. The van der Waals surface area contributed by atoms with Gasteiger partial charge in [-0.3, -0.25) is 0 Å². The van der Waals surface area contributed by atoms with Crippen molar-refractivity contribution in [2.75, 3.05) is 0 Å². The number of thiazole rings is 3. The molecule has 0 atom stereocenters. The third-order valence-electron chi connectivity index (χ3n) is 1.83. The van der Waals surface area contributed by atoms with Crippen LogP contribution in [0.15, 0.2) is 34.7 Å². The van der Waals surface area contributed by atoms with Crippen LogP contribution in [0.25, 0.3) is 0 Å². The van der Waals surface area contributed by atoms with E-state index in [1.54, 1.807) is 34.0 Å². The third-order valence-corrected chi connectivity index (χ3v) is 7.64. The highest BCUT2D eigenvalue weighted by Gasteiger charge is 2.23. The average molecular weight is 283 g/mol. The van der Waals surface area contributed by atoms with Crippen LogP contribution in [0.5, 0.6) is 0 Å². The van der Waals surface area contributed by atoms with E-state index in [0.717, 1.165) is 14.2 Å². The second-order valence-electron chi connectivity index (χ2n) is 2.78. The zero-order chi connectivity index (χ0) is 10.8. The SMILES string of the molecule is c1csc(P(c2nccs2)c2nccs2)n1. The van der Waals surface area contributed by atoms with Crippen LogP contribution in [0.1, 0.15) is 0 Å². The lowest BCUT2D eigenvalue weighted by Crippen LogP contribution is -2.19. The molecule has 0 amide bonds. The molecule has 0 saturated heterocycles. The highest BCUT2D eigenvalue weighted by atomic mass is 32.1. The topological polar surface area (TPSA) is 38.7 Å². The van der Waals surface area contributed by atoms with E-state index in [1.165, 1.54) is 0 Å². The maximum Gasteiger partial charge on any atom is 0.129 e. The van der Waals surface area contributed by atoms with E-state index in [1.807, 2.05) is 34.7 Å². The first-order valence-electron chi connectivity index (χ1n) is 4.44. The first-order valence-corrected chi connectivity index (χ1v) is 8.42. The highest BCUT2D eigenvalue weighted by Crippen LogP contribution is 2.34. The smallest absolute Gasteiger partial charge is 0.129 e. The van der Waals surface area contributed by atoms with Gasteiger partial charge in [0.1, 0.15) is 14.2 Å². The Hall–Kier alpha value is -0.680.